The fraction of sp³-hybridized carbons (Fsp3) is 0.625. The van der Waals surface area contributed by atoms with Gasteiger partial charge in [-0.3, -0.25) is 4.90 Å². The number of benzene rings is 1. The van der Waals surface area contributed by atoms with Crippen molar-refractivity contribution in [1.82, 2.24) is 14.3 Å². The first kappa shape index (κ1) is 19.1. The summed E-state index contributed by atoms with van der Waals surface area (Å²) in [6.45, 7) is 5.43. The summed E-state index contributed by atoms with van der Waals surface area (Å²) in [5.74, 6) is 0.759. The zero-order valence-electron chi connectivity index (χ0n) is 14.3. The molecule has 2 rings (SSSR count). The third kappa shape index (κ3) is 5.42. The van der Waals surface area contributed by atoms with Gasteiger partial charge in [0.15, 0.2) is 0 Å². The highest BCUT2D eigenvalue weighted by Crippen LogP contribution is 2.29. The van der Waals surface area contributed by atoms with Gasteiger partial charge in [0.25, 0.3) is 10.2 Å². The lowest BCUT2D eigenvalue weighted by atomic mass is 10.0. The maximum Gasteiger partial charge on any atom is 0.276 e. The Bertz CT molecular complexity index is 603. The summed E-state index contributed by atoms with van der Waals surface area (Å²) in [7, 11) is -1.88. The molecular formula is C16H27N3O4S. The van der Waals surface area contributed by atoms with E-state index in [1.165, 1.54) is 0 Å². The molecule has 2 N–H and O–H groups in total. The SMILES string of the molecule is CCCNS(=O)(=O)NCC(c1ccccc1OC)N1CCOCC1. The Hall–Kier alpha value is -1.19. The van der Waals surface area contributed by atoms with Gasteiger partial charge in [-0.25, -0.2) is 9.44 Å². The van der Waals surface area contributed by atoms with E-state index in [4.69, 9.17) is 9.47 Å². The van der Waals surface area contributed by atoms with Crippen LogP contribution in [0.15, 0.2) is 24.3 Å². The van der Waals surface area contributed by atoms with E-state index in [1.54, 1.807) is 7.11 Å². The second-order valence-electron chi connectivity index (χ2n) is 5.65. The Morgan fingerprint density at radius 3 is 2.62 bits per heavy atom. The highest BCUT2D eigenvalue weighted by Gasteiger charge is 2.26. The number of morpholine rings is 1. The lowest BCUT2D eigenvalue weighted by Crippen LogP contribution is -2.46. The predicted octanol–water partition coefficient (Wildman–Crippen LogP) is 0.903. The van der Waals surface area contributed by atoms with Crippen molar-refractivity contribution >= 4 is 10.2 Å². The van der Waals surface area contributed by atoms with E-state index in [0.29, 0.717) is 19.8 Å². The first-order chi connectivity index (χ1) is 11.6. The van der Waals surface area contributed by atoms with E-state index >= 15 is 0 Å². The molecule has 1 saturated heterocycles. The van der Waals surface area contributed by atoms with Crippen molar-refractivity contribution in [2.24, 2.45) is 0 Å². The largest absolute Gasteiger partial charge is 0.496 e. The normalized spacial score (nSPS) is 17.6. The van der Waals surface area contributed by atoms with Crippen molar-refractivity contribution in [3.05, 3.63) is 29.8 Å². The van der Waals surface area contributed by atoms with Crippen LogP contribution in [0.5, 0.6) is 5.75 Å². The summed E-state index contributed by atoms with van der Waals surface area (Å²) < 4.78 is 40.2. The molecule has 0 aromatic heterocycles. The Morgan fingerprint density at radius 1 is 1.25 bits per heavy atom. The van der Waals surface area contributed by atoms with Gasteiger partial charge in [-0.05, 0) is 12.5 Å². The molecule has 0 bridgehead atoms. The van der Waals surface area contributed by atoms with Gasteiger partial charge in [-0.1, -0.05) is 25.1 Å². The van der Waals surface area contributed by atoms with Gasteiger partial charge in [0.2, 0.25) is 0 Å². The van der Waals surface area contributed by atoms with Crippen molar-refractivity contribution in [2.75, 3.05) is 46.5 Å². The Morgan fingerprint density at radius 2 is 1.96 bits per heavy atom. The molecule has 7 nitrogen and oxygen atoms in total. The van der Waals surface area contributed by atoms with Gasteiger partial charge >= 0.3 is 0 Å². The molecule has 136 valence electrons. The minimum Gasteiger partial charge on any atom is -0.496 e. The molecule has 8 heteroatoms. The van der Waals surface area contributed by atoms with E-state index in [2.05, 4.69) is 14.3 Å². The molecule has 1 aliphatic rings. The van der Waals surface area contributed by atoms with Crippen LogP contribution in [0.3, 0.4) is 0 Å². The molecule has 0 radical (unpaired) electrons. The van der Waals surface area contributed by atoms with Crippen LogP contribution in [0.4, 0.5) is 0 Å². The number of nitrogens with one attached hydrogen (secondary N) is 2. The molecule has 0 saturated carbocycles. The summed E-state index contributed by atoms with van der Waals surface area (Å²) in [5, 5.41) is 0. The quantitative estimate of drug-likeness (QED) is 0.686. The first-order valence-electron chi connectivity index (χ1n) is 8.26. The van der Waals surface area contributed by atoms with Crippen LogP contribution in [0.1, 0.15) is 24.9 Å². The third-order valence-electron chi connectivity index (χ3n) is 3.99. The minimum absolute atomic E-state index is 0.108. The predicted molar refractivity (Wildman–Crippen MR) is 93.3 cm³/mol. The minimum atomic E-state index is -3.50. The summed E-state index contributed by atoms with van der Waals surface area (Å²) in [6, 6.07) is 7.61. The van der Waals surface area contributed by atoms with Crippen LogP contribution in [0.25, 0.3) is 0 Å². The van der Waals surface area contributed by atoms with Crippen LogP contribution >= 0.6 is 0 Å². The van der Waals surface area contributed by atoms with Gasteiger partial charge in [0, 0.05) is 31.7 Å². The fourth-order valence-corrected chi connectivity index (χ4v) is 3.69. The molecule has 1 atom stereocenters. The molecule has 1 aromatic rings. The number of methoxy groups -OCH3 is 1. The van der Waals surface area contributed by atoms with Crippen LogP contribution < -0.4 is 14.2 Å². The highest BCUT2D eigenvalue weighted by molar-refractivity contribution is 7.87. The maximum absolute atomic E-state index is 12.1. The van der Waals surface area contributed by atoms with Crippen molar-refractivity contribution in [1.29, 1.82) is 0 Å². The number of rotatable bonds is 9. The Balaban J connectivity index is 2.17. The lowest BCUT2D eigenvalue weighted by molar-refractivity contribution is 0.0167. The number of hydrogen-bond acceptors (Lipinski definition) is 5. The number of para-hydroxylation sites is 1. The van der Waals surface area contributed by atoms with E-state index in [9.17, 15) is 8.42 Å². The van der Waals surface area contributed by atoms with E-state index in [1.807, 2.05) is 31.2 Å². The second-order valence-corrected chi connectivity index (χ2v) is 7.24. The topological polar surface area (TPSA) is 79.9 Å². The zero-order valence-corrected chi connectivity index (χ0v) is 15.1. The molecule has 1 heterocycles. The number of ether oxygens (including phenoxy) is 2. The first-order valence-corrected chi connectivity index (χ1v) is 9.74. The molecule has 1 unspecified atom stereocenters. The number of hydrogen-bond donors (Lipinski definition) is 2. The molecule has 0 spiro atoms. The average molecular weight is 357 g/mol. The second kappa shape index (κ2) is 9.33. The van der Waals surface area contributed by atoms with Crippen molar-refractivity contribution in [2.45, 2.75) is 19.4 Å². The smallest absolute Gasteiger partial charge is 0.276 e. The van der Waals surface area contributed by atoms with E-state index in [-0.39, 0.29) is 12.6 Å². The van der Waals surface area contributed by atoms with Crippen LogP contribution in [0, 0.1) is 0 Å². The molecule has 0 aliphatic carbocycles. The van der Waals surface area contributed by atoms with E-state index in [0.717, 1.165) is 30.8 Å². The number of nitrogens with zero attached hydrogens (tertiary/aromatic N) is 1. The summed E-state index contributed by atoms with van der Waals surface area (Å²) in [6.07, 6.45) is 0.750. The van der Waals surface area contributed by atoms with Gasteiger partial charge in [-0.15, -0.1) is 0 Å². The van der Waals surface area contributed by atoms with Crippen LogP contribution in [-0.4, -0.2) is 59.8 Å². The lowest BCUT2D eigenvalue weighted by Gasteiger charge is -2.35. The van der Waals surface area contributed by atoms with Gasteiger partial charge in [-0.2, -0.15) is 8.42 Å². The highest BCUT2D eigenvalue weighted by atomic mass is 32.2. The van der Waals surface area contributed by atoms with Crippen molar-refractivity contribution in [3.63, 3.8) is 0 Å². The summed E-state index contributed by atoms with van der Waals surface area (Å²) >= 11 is 0. The molecule has 0 amide bonds. The third-order valence-corrected chi connectivity index (χ3v) is 5.12. The van der Waals surface area contributed by atoms with Crippen LogP contribution in [-0.2, 0) is 14.9 Å². The molecule has 1 aromatic carbocycles. The van der Waals surface area contributed by atoms with Gasteiger partial charge in [0.1, 0.15) is 5.75 Å². The fourth-order valence-electron chi connectivity index (χ4n) is 2.74. The standard InChI is InChI=1S/C16H27N3O4S/c1-3-8-17-24(20,21)18-13-15(19-9-11-23-12-10-19)14-6-4-5-7-16(14)22-2/h4-7,15,17-18H,3,8-13H2,1-2H3. The monoisotopic (exact) mass is 357 g/mol. The summed E-state index contributed by atoms with van der Waals surface area (Å²) in [5.41, 5.74) is 0.972. The molecular weight excluding hydrogens is 330 g/mol. The Labute approximate surface area is 144 Å². The molecule has 24 heavy (non-hydrogen) atoms. The van der Waals surface area contributed by atoms with Crippen LogP contribution in [0.2, 0.25) is 0 Å². The summed E-state index contributed by atoms with van der Waals surface area (Å²) in [4.78, 5) is 2.23. The van der Waals surface area contributed by atoms with Gasteiger partial charge < -0.3 is 9.47 Å². The molecule has 1 fully saturated rings. The van der Waals surface area contributed by atoms with E-state index < -0.39 is 10.2 Å². The maximum atomic E-state index is 12.1. The average Bonchev–Trinajstić information content (AvgIpc) is 2.61. The molecule has 1 aliphatic heterocycles. The van der Waals surface area contributed by atoms with Crippen molar-refractivity contribution < 1.29 is 17.9 Å². The zero-order chi connectivity index (χ0) is 17.4. The van der Waals surface area contributed by atoms with Gasteiger partial charge in [0.05, 0.1) is 26.4 Å². The van der Waals surface area contributed by atoms with Crippen molar-refractivity contribution in [3.8, 4) is 5.75 Å². The Kier molecular flexibility index (Phi) is 7.44.